The molecule has 5 nitrogen and oxygen atoms in total. The highest BCUT2D eigenvalue weighted by molar-refractivity contribution is 5.80. The van der Waals surface area contributed by atoms with Crippen molar-refractivity contribution in [1.82, 2.24) is 10.2 Å². The molecule has 1 aliphatic heterocycles. The molecule has 0 spiro atoms. The van der Waals surface area contributed by atoms with Gasteiger partial charge in [0.25, 0.3) is 0 Å². The second-order valence-electron chi connectivity index (χ2n) is 5.05. The van der Waals surface area contributed by atoms with Crippen molar-refractivity contribution < 1.29 is 9.90 Å². The van der Waals surface area contributed by atoms with Crippen molar-refractivity contribution in [3.05, 3.63) is 12.2 Å². The van der Waals surface area contributed by atoms with Gasteiger partial charge in [-0.25, -0.2) is 0 Å². The smallest absolute Gasteiger partial charge is 0.238 e. The lowest BCUT2D eigenvalue weighted by molar-refractivity contribution is -0.130. The Bertz CT molecular complexity index is 380. The summed E-state index contributed by atoms with van der Waals surface area (Å²) in [6.45, 7) is 0.769. The van der Waals surface area contributed by atoms with Gasteiger partial charge in [0.1, 0.15) is 6.04 Å². The summed E-state index contributed by atoms with van der Waals surface area (Å²) in [5.74, 6) is -0.0775. The third-order valence-corrected chi connectivity index (χ3v) is 3.89. The normalized spacial score (nSPS) is 25.3. The second kappa shape index (κ2) is 5.51. The predicted molar refractivity (Wildman–Crippen MR) is 66.5 cm³/mol. The van der Waals surface area contributed by atoms with Crippen molar-refractivity contribution in [1.29, 1.82) is 5.26 Å². The average molecular weight is 249 g/mol. The fraction of sp³-hybridized carbons (Fsp3) is 0.692. The van der Waals surface area contributed by atoms with E-state index in [0.29, 0.717) is 6.54 Å². The van der Waals surface area contributed by atoms with E-state index >= 15 is 0 Å². The van der Waals surface area contributed by atoms with Gasteiger partial charge < -0.3 is 15.3 Å². The predicted octanol–water partition coefficient (Wildman–Crippen LogP) is 0.172. The Labute approximate surface area is 107 Å². The third kappa shape index (κ3) is 2.55. The molecule has 0 saturated heterocycles. The number of carbonyl (C=O) groups excluding carboxylic acids is 1. The van der Waals surface area contributed by atoms with E-state index in [1.54, 1.807) is 11.0 Å². The number of nitrogens with zero attached hydrogens (tertiary/aromatic N) is 2. The fourth-order valence-corrected chi connectivity index (χ4v) is 2.70. The molecule has 1 amide bonds. The molecule has 0 bridgehead atoms. The molecule has 18 heavy (non-hydrogen) atoms. The van der Waals surface area contributed by atoms with Crippen LogP contribution in [0.5, 0.6) is 0 Å². The van der Waals surface area contributed by atoms with Crippen LogP contribution in [0, 0.1) is 11.3 Å². The van der Waals surface area contributed by atoms with Gasteiger partial charge in [-0.1, -0.05) is 18.9 Å². The highest BCUT2D eigenvalue weighted by atomic mass is 16.3. The minimum atomic E-state index is -0.437. The Morgan fingerprint density at radius 1 is 1.56 bits per heavy atom. The van der Waals surface area contributed by atoms with E-state index in [2.05, 4.69) is 11.4 Å². The van der Waals surface area contributed by atoms with E-state index in [9.17, 15) is 9.90 Å². The Morgan fingerprint density at radius 3 is 2.89 bits per heavy atom. The number of aliphatic hydroxyl groups excluding tert-OH is 1. The lowest BCUT2D eigenvalue weighted by atomic mass is 9.99. The molecule has 1 heterocycles. The summed E-state index contributed by atoms with van der Waals surface area (Å²) in [4.78, 5) is 13.6. The first kappa shape index (κ1) is 13.1. The summed E-state index contributed by atoms with van der Waals surface area (Å²) in [6.07, 6.45) is 7.59. The molecule has 2 N–H and O–H groups in total. The second-order valence-corrected chi connectivity index (χ2v) is 5.05. The molecule has 5 heteroatoms. The minimum Gasteiger partial charge on any atom is -0.394 e. The average Bonchev–Trinajstić information content (AvgIpc) is 3.05. The van der Waals surface area contributed by atoms with Gasteiger partial charge in [-0.2, -0.15) is 5.26 Å². The molecule has 1 fully saturated rings. The number of aliphatic hydroxyl groups is 1. The molecule has 1 aliphatic carbocycles. The third-order valence-electron chi connectivity index (χ3n) is 3.89. The molecular weight excluding hydrogens is 230 g/mol. The zero-order chi connectivity index (χ0) is 13.0. The van der Waals surface area contributed by atoms with E-state index in [0.717, 1.165) is 25.7 Å². The maximum Gasteiger partial charge on any atom is 0.238 e. The summed E-state index contributed by atoms with van der Waals surface area (Å²) in [7, 11) is 0. The molecule has 0 aromatic carbocycles. The largest absolute Gasteiger partial charge is 0.394 e. The van der Waals surface area contributed by atoms with Crippen LogP contribution < -0.4 is 5.32 Å². The van der Waals surface area contributed by atoms with Crippen LogP contribution in [0.1, 0.15) is 25.7 Å². The quantitative estimate of drug-likeness (QED) is 0.696. The fourth-order valence-electron chi connectivity index (χ4n) is 2.70. The van der Waals surface area contributed by atoms with Gasteiger partial charge in [0, 0.05) is 12.1 Å². The van der Waals surface area contributed by atoms with E-state index < -0.39 is 6.04 Å². The number of nitriles is 1. The van der Waals surface area contributed by atoms with Crippen LogP contribution >= 0.6 is 0 Å². The first-order valence-electron chi connectivity index (χ1n) is 6.42. The van der Waals surface area contributed by atoms with Crippen LogP contribution in [0.25, 0.3) is 0 Å². The molecule has 1 saturated carbocycles. The van der Waals surface area contributed by atoms with Crippen LogP contribution in [-0.2, 0) is 4.79 Å². The summed E-state index contributed by atoms with van der Waals surface area (Å²) >= 11 is 0. The van der Waals surface area contributed by atoms with Crippen molar-refractivity contribution in [2.24, 2.45) is 0 Å². The van der Waals surface area contributed by atoms with Crippen molar-refractivity contribution in [2.45, 2.75) is 37.3 Å². The zero-order valence-corrected chi connectivity index (χ0v) is 10.4. The summed E-state index contributed by atoms with van der Waals surface area (Å²) in [5.41, 5.74) is -0.287. The molecule has 1 atom stereocenters. The van der Waals surface area contributed by atoms with Gasteiger partial charge in [0.05, 0.1) is 19.2 Å². The van der Waals surface area contributed by atoms with Crippen LogP contribution in [0.15, 0.2) is 12.2 Å². The minimum absolute atomic E-state index is 0.0697. The van der Waals surface area contributed by atoms with Crippen LogP contribution in [0.3, 0.4) is 0 Å². The van der Waals surface area contributed by atoms with Gasteiger partial charge in [-0.15, -0.1) is 0 Å². The van der Waals surface area contributed by atoms with E-state index in [1.807, 2.05) is 6.08 Å². The molecule has 98 valence electrons. The van der Waals surface area contributed by atoms with E-state index in [-0.39, 0.29) is 24.6 Å². The van der Waals surface area contributed by atoms with Crippen molar-refractivity contribution >= 4 is 5.91 Å². The molecule has 2 rings (SSSR count). The van der Waals surface area contributed by atoms with E-state index in [1.165, 1.54) is 0 Å². The van der Waals surface area contributed by atoms with Crippen LogP contribution in [0.4, 0.5) is 0 Å². The van der Waals surface area contributed by atoms with Gasteiger partial charge in [-0.05, 0) is 18.9 Å². The molecule has 0 aromatic heterocycles. The lowest BCUT2D eigenvalue weighted by Crippen LogP contribution is -2.51. The van der Waals surface area contributed by atoms with Crippen molar-refractivity contribution in [2.75, 3.05) is 19.7 Å². The molecule has 1 unspecified atom stereocenters. The standard InChI is InChI=1S/C13H19N3O2/c14-8-11-4-3-7-16(11)12(18)9-15-13(10-17)5-1-2-6-13/h3-4,11,15,17H,1-2,5-7,9-10H2. The maximum atomic E-state index is 12.0. The van der Waals surface area contributed by atoms with E-state index in [4.69, 9.17) is 5.26 Å². The monoisotopic (exact) mass is 249 g/mol. The first-order chi connectivity index (χ1) is 8.71. The number of hydrogen-bond donors (Lipinski definition) is 2. The maximum absolute atomic E-state index is 12.0. The van der Waals surface area contributed by atoms with Crippen molar-refractivity contribution in [3.8, 4) is 6.07 Å². The molecular formula is C13H19N3O2. The first-order valence-corrected chi connectivity index (χ1v) is 6.42. The Balaban J connectivity index is 1.87. The van der Waals surface area contributed by atoms with Crippen LogP contribution in [-0.4, -0.2) is 47.2 Å². The number of hydrogen-bond acceptors (Lipinski definition) is 4. The van der Waals surface area contributed by atoms with Gasteiger partial charge in [0.15, 0.2) is 0 Å². The van der Waals surface area contributed by atoms with Crippen LogP contribution in [0.2, 0.25) is 0 Å². The Kier molecular flexibility index (Phi) is 4.00. The number of rotatable bonds is 4. The van der Waals surface area contributed by atoms with Gasteiger partial charge in [-0.3, -0.25) is 4.79 Å². The Hall–Kier alpha value is -1.38. The highest BCUT2D eigenvalue weighted by Gasteiger charge is 2.34. The van der Waals surface area contributed by atoms with Gasteiger partial charge in [0.2, 0.25) is 5.91 Å². The number of amides is 1. The molecule has 0 radical (unpaired) electrons. The highest BCUT2D eigenvalue weighted by Crippen LogP contribution is 2.28. The summed E-state index contributed by atoms with van der Waals surface area (Å²) < 4.78 is 0. The SMILES string of the molecule is N#CC1C=CCN1C(=O)CNC1(CO)CCCC1. The lowest BCUT2D eigenvalue weighted by Gasteiger charge is -2.29. The molecule has 2 aliphatic rings. The molecule has 0 aromatic rings. The topological polar surface area (TPSA) is 76.4 Å². The van der Waals surface area contributed by atoms with Crippen molar-refractivity contribution in [3.63, 3.8) is 0 Å². The zero-order valence-electron chi connectivity index (χ0n) is 10.4. The van der Waals surface area contributed by atoms with Gasteiger partial charge >= 0.3 is 0 Å². The summed E-state index contributed by atoms with van der Waals surface area (Å²) in [5, 5.41) is 21.5. The summed E-state index contributed by atoms with van der Waals surface area (Å²) in [6, 6.07) is 1.65. The number of nitrogens with one attached hydrogen (secondary N) is 1. The number of carbonyl (C=O) groups is 1. The Morgan fingerprint density at radius 2 is 2.28 bits per heavy atom.